The van der Waals surface area contributed by atoms with Crippen molar-refractivity contribution in [3.05, 3.63) is 83.7 Å². The summed E-state index contributed by atoms with van der Waals surface area (Å²) in [6, 6.07) is 18.6. The first-order valence-electron chi connectivity index (χ1n) is 9.39. The summed E-state index contributed by atoms with van der Waals surface area (Å²) >= 11 is 0. The fourth-order valence-electron chi connectivity index (χ4n) is 2.99. The van der Waals surface area contributed by atoms with E-state index in [1.54, 1.807) is 20.4 Å². The number of benzene rings is 2. The van der Waals surface area contributed by atoms with Gasteiger partial charge in [0, 0.05) is 39.6 Å². The lowest BCUT2D eigenvalue weighted by atomic mass is 10.1. The summed E-state index contributed by atoms with van der Waals surface area (Å²) in [5.41, 5.74) is 4.73. The molecular weight excluding hydrogens is 350 g/mol. The van der Waals surface area contributed by atoms with Gasteiger partial charge in [-0.05, 0) is 41.3 Å². The normalized spacial score (nSPS) is 11.4. The second-order valence-electron chi connectivity index (χ2n) is 6.42. The molecule has 2 aromatic carbocycles. The van der Waals surface area contributed by atoms with Crippen molar-refractivity contribution in [3.63, 3.8) is 0 Å². The molecule has 0 amide bonds. The molecule has 0 spiro atoms. The first kappa shape index (κ1) is 19.6. The van der Waals surface area contributed by atoms with E-state index < -0.39 is 0 Å². The number of aromatic nitrogens is 2. The highest BCUT2D eigenvalue weighted by atomic mass is 16.5. The number of ether oxygens (including phenoxy) is 1. The SMILES string of the molecule is CN=C(NCCc1ccc(-n2cccn2)cc1)NCc1ccccc1COC. The maximum absolute atomic E-state index is 5.27. The van der Waals surface area contributed by atoms with Crippen LogP contribution >= 0.6 is 0 Å². The van der Waals surface area contributed by atoms with Crippen LogP contribution in [0.3, 0.4) is 0 Å². The van der Waals surface area contributed by atoms with E-state index in [0.29, 0.717) is 13.2 Å². The summed E-state index contributed by atoms with van der Waals surface area (Å²) in [7, 11) is 3.50. The van der Waals surface area contributed by atoms with Crippen LogP contribution in [-0.4, -0.2) is 36.4 Å². The monoisotopic (exact) mass is 377 g/mol. The van der Waals surface area contributed by atoms with E-state index in [1.807, 2.05) is 29.1 Å². The minimum absolute atomic E-state index is 0.610. The van der Waals surface area contributed by atoms with Gasteiger partial charge in [-0.3, -0.25) is 4.99 Å². The lowest BCUT2D eigenvalue weighted by Gasteiger charge is -2.14. The van der Waals surface area contributed by atoms with Crippen molar-refractivity contribution < 1.29 is 4.74 Å². The van der Waals surface area contributed by atoms with Crippen molar-refractivity contribution in [3.8, 4) is 5.69 Å². The summed E-state index contributed by atoms with van der Waals surface area (Å²) in [4.78, 5) is 4.31. The van der Waals surface area contributed by atoms with E-state index >= 15 is 0 Å². The molecule has 0 fully saturated rings. The molecule has 0 saturated heterocycles. The molecule has 3 aromatic rings. The van der Waals surface area contributed by atoms with E-state index in [2.05, 4.69) is 57.1 Å². The lowest BCUT2D eigenvalue weighted by molar-refractivity contribution is 0.184. The first-order chi connectivity index (χ1) is 13.8. The van der Waals surface area contributed by atoms with Gasteiger partial charge in [0.15, 0.2) is 5.96 Å². The van der Waals surface area contributed by atoms with Gasteiger partial charge in [-0.25, -0.2) is 4.68 Å². The molecule has 0 bridgehead atoms. The molecule has 28 heavy (non-hydrogen) atoms. The molecule has 3 rings (SSSR count). The number of aliphatic imine (C=N–C) groups is 1. The maximum Gasteiger partial charge on any atom is 0.191 e. The highest BCUT2D eigenvalue weighted by Gasteiger charge is 2.04. The number of rotatable bonds is 8. The van der Waals surface area contributed by atoms with Gasteiger partial charge in [0.1, 0.15) is 0 Å². The number of methoxy groups -OCH3 is 1. The zero-order valence-electron chi connectivity index (χ0n) is 16.4. The quantitative estimate of drug-likeness (QED) is 0.468. The van der Waals surface area contributed by atoms with Gasteiger partial charge in [0.25, 0.3) is 0 Å². The predicted molar refractivity (Wildman–Crippen MR) is 113 cm³/mol. The van der Waals surface area contributed by atoms with Gasteiger partial charge in [-0.15, -0.1) is 0 Å². The molecule has 6 nitrogen and oxygen atoms in total. The largest absolute Gasteiger partial charge is 0.380 e. The van der Waals surface area contributed by atoms with E-state index in [0.717, 1.165) is 24.6 Å². The fourth-order valence-corrected chi connectivity index (χ4v) is 2.99. The molecule has 1 heterocycles. The Bertz CT molecular complexity index is 872. The van der Waals surface area contributed by atoms with Crippen LogP contribution in [0.2, 0.25) is 0 Å². The number of nitrogens with one attached hydrogen (secondary N) is 2. The highest BCUT2D eigenvalue weighted by Crippen LogP contribution is 2.10. The summed E-state index contributed by atoms with van der Waals surface area (Å²) in [6.07, 6.45) is 4.64. The third-order valence-corrected chi connectivity index (χ3v) is 4.50. The Morgan fingerprint density at radius 1 is 1.04 bits per heavy atom. The minimum atomic E-state index is 0.610. The Labute approximate surface area is 166 Å². The highest BCUT2D eigenvalue weighted by molar-refractivity contribution is 5.79. The molecule has 146 valence electrons. The standard InChI is InChI=1S/C22H27N5O/c1-23-22(25-16-19-6-3-4-7-20(19)17-28-2)24-14-12-18-8-10-21(11-9-18)27-15-5-13-26-27/h3-11,13,15H,12,14,16-17H2,1-2H3,(H2,23,24,25). The van der Waals surface area contributed by atoms with Crippen LogP contribution in [0.25, 0.3) is 5.69 Å². The van der Waals surface area contributed by atoms with Gasteiger partial charge < -0.3 is 15.4 Å². The average molecular weight is 377 g/mol. The van der Waals surface area contributed by atoms with Crippen molar-refractivity contribution in [2.24, 2.45) is 4.99 Å². The maximum atomic E-state index is 5.27. The van der Waals surface area contributed by atoms with Crippen LogP contribution < -0.4 is 10.6 Å². The summed E-state index contributed by atoms with van der Waals surface area (Å²) in [5.74, 6) is 0.792. The first-order valence-corrected chi connectivity index (χ1v) is 9.39. The molecule has 2 N–H and O–H groups in total. The van der Waals surface area contributed by atoms with Crippen LogP contribution in [0.1, 0.15) is 16.7 Å². The lowest BCUT2D eigenvalue weighted by Crippen LogP contribution is -2.38. The van der Waals surface area contributed by atoms with Crippen molar-refractivity contribution in [1.82, 2.24) is 20.4 Å². The van der Waals surface area contributed by atoms with Gasteiger partial charge in [0.05, 0.1) is 12.3 Å². The zero-order valence-corrected chi connectivity index (χ0v) is 16.4. The van der Waals surface area contributed by atoms with Crippen LogP contribution in [0, 0.1) is 0 Å². The molecule has 6 heteroatoms. The molecule has 0 atom stereocenters. The molecule has 0 aliphatic carbocycles. The van der Waals surface area contributed by atoms with Crippen molar-refractivity contribution in [2.45, 2.75) is 19.6 Å². The van der Waals surface area contributed by atoms with E-state index in [-0.39, 0.29) is 0 Å². The topological polar surface area (TPSA) is 63.5 Å². The summed E-state index contributed by atoms with van der Waals surface area (Å²) in [6.45, 7) is 2.12. The predicted octanol–water partition coefficient (Wildman–Crippen LogP) is 2.93. The smallest absolute Gasteiger partial charge is 0.191 e. The van der Waals surface area contributed by atoms with Crippen LogP contribution in [-0.2, 0) is 24.3 Å². The fraction of sp³-hybridized carbons (Fsp3) is 0.273. The zero-order chi connectivity index (χ0) is 19.6. The molecular formula is C22H27N5O. The van der Waals surface area contributed by atoms with Crippen LogP contribution in [0.4, 0.5) is 0 Å². The van der Waals surface area contributed by atoms with Crippen LogP contribution in [0.15, 0.2) is 72.0 Å². The Kier molecular flexibility index (Phi) is 7.21. The second kappa shape index (κ2) is 10.3. The van der Waals surface area contributed by atoms with Crippen LogP contribution in [0.5, 0.6) is 0 Å². The number of hydrogen-bond donors (Lipinski definition) is 2. The van der Waals surface area contributed by atoms with E-state index in [4.69, 9.17) is 4.74 Å². The number of nitrogens with zero attached hydrogens (tertiary/aromatic N) is 3. The average Bonchev–Trinajstić information content (AvgIpc) is 3.27. The molecule has 0 unspecified atom stereocenters. The van der Waals surface area contributed by atoms with E-state index in [1.165, 1.54) is 16.7 Å². The number of guanidine groups is 1. The van der Waals surface area contributed by atoms with Gasteiger partial charge >= 0.3 is 0 Å². The molecule has 0 aliphatic heterocycles. The van der Waals surface area contributed by atoms with E-state index in [9.17, 15) is 0 Å². The Hall–Kier alpha value is -3.12. The molecule has 0 saturated carbocycles. The van der Waals surface area contributed by atoms with Gasteiger partial charge in [0.2, 0.25) is 0 Å². The van der Waals surface area contributed by atoms with Crippen molar-refractivity contribution in [1.29, 1.82) is 0 Å². The Morgan fingerprint density at radius 3 is 2.50 bits per heavy atom. The van der Waals surface area contributed by atoms with Gasteiger partial charge in [-0.2, -0.15) is 5.10 Å². The van der Waals surface area contributed by atoms with Crippen molar-refractivity contribution in [2.75, 3.05) is 20.7 Å². The Morgan fingerprint density at radius 2 is 1.82 bits per heavy atom. The third kappa shape index (κ3) is 5.44. The van der Waals surface area contributed by atoms with Gasteiger partial charge in [-0.1, -0.05) is 36.4 Å². The molecule has 1 aromatic heterocycles. The van der Waals surface area contributed by atoms with Crippen molar-refractivity contribution >= 4 is 5.96 Å². The minimum Gasteiger partial charge on any atom is -0.380 e. The number of hydrogen-bond acceptors (Lipinski definition) is 3. The Balaban J connectivity index is 1.47. The summed E-state index contributed by atoms with van der Waals surface area (Å²) in [5, 5.41) is 11.0. The third-order valence-electron chi connectivity index (χ3n) is 4.50. The second-order valence-corrected chi connectivity index (χ2v) is 6.42. The molecule has 0 aliphatic rings. The molecule has 0 radical (unpaired) electrons. The summed E-state index contributed by atoms with van der Waals surface area (Å²) < 4.78 is 7.12.